The van der Waals surface area contributed by atoms with Gasteiger partial charge in [-0.25, -0.2) is 5.43 Å². The number of hydrogen-bond acceptors (Lipinski definition) is 7. The topological polar surface area (TPSA) is 141 Å². The Morgan fingerprint density at radius 2 is 1.80 bits per heavy atom. The molecule has 0 aliphatic heterocycles. The summed E-state index contributed by atoms with van der Waals surface area (Å²) in [6.07, 6.45) is 1.27. The van der Waals surface area contributed by atoms with Crippen molar-refractivity contribution >= 4 is 35.1 Å². The van der Waals surface area contributed by atoms with E-state index in [4.69, 9.17) is 16.0 Å². The molecule has 2 aromatic carbocycles. The van der Waals surface area contributed by atoms with Crippen molar-refractivity contribution in [3.05, 3.63) is 91.2 Å². The minimum Gasteiger partial charge on any atom is -0.455 e. The number of nitrogens with one attached hydrogen (secondary N) is 1. The highest BCUT2D eigenvalue weighted by molar-refractivity contribution is 6.32. The molecule has 0 atom stereocenters. The van der Waals surface area contributed by atoms with Crippen molar-refractivity contribution in [1.29, 1.82) is 0 Å². The fourth-order valence-electron chi connectivity index (χ4n) is 2.51. The Labute approximate surface area is 174 Å². The van der Waals surface area contributed by atoms with E-state index < -0.39 is 15.8 Å². The van der Waals surface area contributed by atoms with E-state index in [0.29, 0.717) is 22.6 Å². The number of benzene rings is 2. The summed E-state index contributed by atoms with van der Waals surface area (Å²) in [5, 5.41) is 25.4. The summed E-state index contributed by atoms with van der Waals surface area (Å²) in [6, 6.07) is 13.1. The lowest BCUT2D eigenvalue weighted by molar-refractivity contribution is -0.385. The van der Waals surface area contributed by atoms with E-state index in [1.54, 1.807) is 18.2 Å². The largest absolute Gasteiger partial charge is 0.455 e. The van der Waals surface area contributed by atoms with Crippen LogP contribution in [0.5, 0.6) is 0 Å². The van der Waals surface area contributed by atoms with E-state index in [9.17, 15) is 25.0 Å². The SMILES string of the molecule is O=C(Cc1ccc([N+](=O)[O-])cc1)NN=Cc1ccc(-c2ccc(Cl)c([N+](=O)[O-])c2)o1. The number of furan rings is 1. The van der Waals surface area contributed by atoms with Crippen LogP contribution < -0.4 is 5.43 Å². The Hall–Kier alpha value is -4.05. The smallest absolute Gasteiger partial charge is 0.288 e. The van der Waals surface area contributed by atoms with Crippen molar-refractivity contribution in [2.45, 2.75) is 6.42 Å². The number of hydrazone groups is 1. The van der Waals surface area contributed by atoms with Crippen LogP contribution in [0.15, 0.2) is 64.1 Å². The molecule has 0 aliphatic carbocycles. The molecule has 10 nitrogen and oxygen atoms in total. The number of carbonyl (C=O) groups excluding carboxylic acids is 1. The number of nitro groups is 2. The molecule has 0 spiro atoms. The summed E-state index contributed by atoms with van der Waals surface area (Å²) in [4.78, 5) is 32.4. The van der Waals surface area contributed by atoms with Gasteiger partial charge < -0.3 is 4.42 Å². The molecule has 152 valence electrons. The zero-order valence-corrected chi connectivity index (χ0v) is 15.9. The highest BCUT2D eigenvalue weighted by atomic mass is 35.5. The zero-order chi connectivity index (χ0) is 21.7. The van der Waals surface area contributed by atoms with Crippen LogP contribution in [-0.2, 0) is 11.2 Å². The molecule has 30 heavy (non-hydrogen) atoms. The average Bonchev–Trinajstić information content (AvgIpc) is 3.17. The molecule has 0 saturated heterocycles. The van der Waals surface area contributed by atoms with Crippen molar-refractivity contribution in [2.75, 3.05) is 0 Å². The lowest BCUT2D eigenvalue weighted by atomic mass is 10.1. The van der Waals surface area contributed by atoms with Gasteiger partial charge >= 0.3 is 0 Å². The van der Waals surface area contributed by atoms with Gasteiger partial charge in [-0.3, -0.25) is 25.0 Å². The Morgan fingerprint density at radius 1 is 1.07 bits per heavy atom. The first kappa shape index (κ1) is 20.7. The molecule has 11 heteroatoms. The Kier molecular flexibility index (Phi) is 6.18. The van der Waals surface area contributed by atoms with Gasteiger partial charge in [-0.2, -0.15) is 5.10 Å². The molecule has 0 radical (unpaired) electrons. The number of halogens is 1. The summed E-state index contributed by atoms with van der Waals surface area (Å²) < 4.78 is 5.55. The molecular formula is C19H13ClN4O6. The van der Waals surface area contributed by atoms with Crippen LogP contribution in [-0.4, -0.2) is 22.0 Å². The molecule has 0 fully saturated rings. The fraction of sp³-hybridized carbons (Fsp3) is 0.0526. The number of carbonyl (C=O) groups is 1. The molecule has 0 unspecified atom stereocenters. The molecule has 0 saturated carbocycles. The van der Waals surface area contributed by atoms with Crippen molar-refractivity contribution in [2.24, 2.45) is 5.10 Å². The lowest BCUT2D eigenvalue weighted by Crippen LogP contribution is -2.19. The van der Waals surface area contributed by atoms with Crippen LogP contribution in [0.1, 0.15) is 11.3 Å². The van der Waals surface area contributed by atoms with E-state index in [0.717, 1.165) is 0 Å². The van der Waals surface area contributed by atoms with Gasteiger partial charge in [-0.05, 0) is 29.8 Å². The quantitative estimate of drug-likeness (QED) is 0.341. The third-order valence-electron chi connectivity index (χ3n) is 3.95. The molecule has 0 aliphatic rings. The van der Waals surface area contributed by atoms with Crippen LogP contribution in [0.25, 0.3) is 11.3 Å². The molecule has 1 aromatic heterocycles. The van der Waals surface area contributed by atoms with E-state index in [2.05, 4.69) is 10.5 Å². The minimum absolute atomic E-state index is 0.00676. The van der Waals surface area contributed by atoms with Crippen LogP contribution >= 0.6 is 11.6 Å². The van der Waals surface area contributed by atoms with Gasteiger partial charge in [0, 0.05) is 23.8 Å². The maximum atomic E-state index is 11.9. The van der Waals surface area contributed by atoms with Crippen LogP contribution in [0.2, 0.25) is 5.02 Å². The van der Waals surface area contributed by atoms with Gasteiger partial charge in [0.25, 0.3) is 11.4 Å². The van der Waals surface area contributed by atoms with E-state index >= 15 is 0 Å². The van der Waals surface area contributed by atoms with Crippen LogP contribution in [0, 0.1) is 20.2 Å². The summed E-state index contributed by atoms with van der Waals surface area (Å²) in [7, 11) is 0. The van der Waals surface area contributed by atoms with Gasteiger partial charge in [0.15, 0.2) is 0 Å². The minimum atomic E-state index is -0.586. The second-order valence-electron chi connectivity index (χ2n) is 6.02. The molecular weight excluding hydrogens is 416 g/mol. The van der Waals surface area contributed by atoms with Crippen molar-refractivity contribution in [3.63, 3.8) is 0 Å². The third kappa shape index (κ3) is 5.06. The maximum Gasteiger partial charge on any atom is 0.288 e. The Balaban J connectivity index is 1.60. The summed E-state index contributed by atoms with van der Waals surface area (Å²) >= 11 is 5.80. The lowest BCUT2D eigenvalue weighted by Gasteiger charge is -2.00. The fourth-order valence-corrected chi connectivity index (χ4v) is 2.70. The number of hydrogen-bond donors (Lipinski definition) is 1. The first-order chi connectivity index (χ1) is 14.3. The predicted molar refractivity (Wildman–Crippen MR) is 108 cm³/mol. The predicted octanol–water partition coefficient (Wildman–Crippen LogP) is 4.11. The van der Waals surface area contributed by atoms with Crippen molar-refractivity contribution in [1.82, 2.24) is 5.43 Å². The molecule has 0 bridgehead atoms. The zero-order valence-electron chi connectivity index (χ0n) is 15.1. The normalized spacial score (nSPS) is 10.8. The third-order valence-corrected chi connectivity index (χ3v) is 4.27. The number of nitrogens with zero attached hydrogens (tertiary/aromatic N) is 3. The van der Waals surface area contributed by atoms with Gasteiger partial charge in [0.1, 0.15) is 16.5 Å². The van der Waals surface area contributed by atoms with Crippen molar-refractivity contribution < 1.29 is 19.1 Å². The highest BCUT2D eigenvalue weighted by Crippen LogP contribution is 2.31. The highest BCUT2D eigenvalue weighted by Gasteiger charge is 2.15. The summed E-state index contributed by atoms with van der Waals surface area (Å²) in [5.41, 5.74) is 3.09. The second kappa shape index (κ2) is 8.97. The van der Waals surface area contributed by atoms with Gasteiger partial charge in [0.2, 0.25) is 5.91 Å². The average molecular weight is 429 g/mol. The number of rotatable bonds is 7. The van der Waals surface area contributed by atoms with E-state index in [1.165, 1.54) is 42.6 Å². The number of non-ortho nitro benzene ring substituents is 1. The maximum absolute atomic E-state index is 11.9. The molecule has 1 amide bonds. The summed E-state index contributed by atoms with van der Waals surface area (Å²) in [6.45, 7) is 0. The first-order valence-electron chi connectivity index (χ1n) is 8.43. The molecule has 1 N–H and O–H groups in total. The summed E-state index contributed by atoms with van der Waals surface area (Å²) in [5.74, 6) is 0.270. The van der Waals surface area contributed by atoms with E-state index in [1.807, 2.05) is 0 Å². The molecule has 3 rings (SSSR count). The first-order valence-corrected chi connectivity index (χ1v) is 8.80. The van der Waals surface area contributed by atoms with Crippen molar-refractivity contribution in [3.8, 4) is 11.3 Å². The second-order valence-corrected chi connectivity index (χ2v) is 6.43. The molecule has 1 heterocycles. The monoisotopic (exact) mass is 428 g/mol. The molecule has 3 aromatic rings. The Morgan fingerprint density at radius 3 is 2.47 bits per heavy atom. The number of amides is 1. The van der Waals surface area contributed by atoms with Gasteiger partial charge in [-0.15, -0.1) is 0 Å². The van der Waals surface area contributed by atoms with Gasteiger partial charge in [-0.1, -0.05) is 23.7 Å². The van der Waals surface area contributed by atoms with Crippen LogP contribution in [0.3, 0.4) is 0 Å². The van der Waals surface area contributed by atoms with E-state index in [-0.39, 0.29) is 22.8 Å². The Bertz CT molecular complexity index is 1140. The standard InChI is InChI=1S/C19H13ClN4O6/c20-16-7-3-13(10-17(16)24(28)29)18-8-6-15(30-18)11-21-22-19(25)9-12-1-4-14(5-2-12)23(26)27/h1-8,10-11H,9H2,(H,22,25). The van der Waals surface area contributed by atoms with Crippen LogP contribution in [0.4, 0.5) is 11.4 Å². The number of nitro benzene ring substituents is 2. The van der Waals surface area contributed by atoms with Gasteiger partial charge in [0.05, 0.1) is 22.5 Å².